The van der Waals surface area contributed by atoms with E-state index in [4.69, 9.17) is 14.7 Å². The molecule has 3 heterocycles. The van der Waals surface area contributed by atoms with Crippen molar-refractivity contribution in [3.8, 4) is 6.07 Å². The smallest absolute Gasteiger partial charge is 0.407 e. The molecule has 3 atom stereocenters. The van der Waals surface area contributed by atoms with Crippen LogP contribution < -0.4 is 16.0 Å². The molecule has 0 aromatic carbocycles. The monoisotopic (exact) mass is 825 g/mol. The fraction of sp³-hybridized carbons (Fsp3) is 0.629. The van der Waals surface area contributed by atoms with Crippen LogP contribution in [0.15, 0.2) is 18.3 Å². The predicted octanol–water partition coefficient (Wildman–Crippen LogP) is -0.376. The molecule has 320 valence electrons. The van der Waals surface area contributed by atoms with Crippen molar-refractivity contribution in [2.75, 3.05) is 78.8 Å². The van der Waals surface area contributed by atoms with E-state index in [1.54, 1.807) is 6.07 Å². The molecule has 23 heteroatoms. The molecule has 1 unspecified atom stereocenters. The van der Waals surface area contributed by atoms with Crippen LogP contribution in [0.2, 0.25) is 0 Å². The third kappa shape index (κ3) is 15.3. The first kappa shape index (κ1) is 46.7. The Kier molecular flexibility index (Phi) is 18.4. The zero-order chi connectivity index (χ0) is 42.8. The first-order valence-corrected chi connectivity index (χ1v) is 18.5. The van der Waals surface area contributed by atoms with Gasteiger partial charge in [0.05, 0.1) is 51.3 Å². The number of hydrogen-bond acceptors (Lipinski definition) is 12. The second kappa shape index (κ2) is 22.9. The molecular formula is C35H49F2N9O12. The summed E-state index contributed by atoms with van der Waals surface area (Å²) in [5, 5.41) is 45.5. The zero-order valence-corrected chi connectivity index (χ0v) is 31.9. The minimum Gasteiger partial charge on any atom is -0.480 e. The van der Waals surface area contributed by atoms with Crippen LogP contribution in [0, 0.1) is 11.3 Å². The van der Waals surface area contributed by atoms with E-state index in [2.05, 4.69) is 20.9 Å². The normalized spacial score (nSPS) is 18.1. The summed E-state index contributed by atoms with van der Waals surface area (Å²) in [5.41, 5.74) is 0.443. The minimum absolute atomic E-state index is 0.000503. The standard InChI is InChI=1S/C35H49F2N9O12/c1-23(31(50)46-22-35(36,37)19-26(46)20-38)42-30(49)24-4-6-39-25(18-24)21-41-29(48)5-14-57-16-17-58-15-7-40-28(47)3-2-27(32(51)52)43-8-10-44(33(53)54)12-13-45(11-9-43)34(55)56/h4,6,18,23,26-27H,2-3,5,7-17,19,21-22H2,1H3,(H,40,47)(H,41,48)(H,42,49)(H,51,52)(H,53,54)(H,55,56)/t23-,26-,27?/m0/s1. The molecule has 0 bridgehead atoms. The van der Waals surface area contributed by atoms with Gasteiger partial charge in [-0.2, -0.15) is 5.26 Å². The van der Waals surface area contributed by atoms with Gasteiger partial charge in [0.2, 0.25) is 17.7 Å². The minimum atomic E-state index is -3.19. The number of likely N-dealkylation sites (tertiary alicyclic amines) is 1. The summed E-state index contributed by atoms with van der Waals surface area (Å²) in [6.07, 6.45) is -2.19. The van der Waals surface area contributed by atoms with Gasteiger partial charge >= 0.3 is 18.2 Å². The number of carbonyl (C=O) groups is 7. The van der Waals surface area contributed by atoms with Crippen LogP contribution >= 0.6 is 0 Å². The van der Waals surface area contributed by atoms with Crippen molar-refractivity contribution in [2.24, 2.45) is 0 Å². The lowest BCUT2D eigenvalue weighted by molar-refractivity contribution is -0.144. The molecule has 21 nitrogen and oxygen atoms in total. The van der Waals surface area contributed by atoms with Crippen molar-refractivity contribution in [1.29, 1.82) is 5.26 Å². The average Bonchev–Trinajstić information content (AvgIpc) is 3.55. The van der Waals surface area contributed by atoms with Crippen molar-refractivity contribution in [3.63, 3.8) is 0 Å². The Morgan fingerprint density at radius 1 is 0.914 bits per heavy atom. The Morgan fingerprint density at radius 2 is 1.52 bits per heavy atom. The number of nitrogens with zero attached hydrogens (tertiary/aromatic N) is 6. The van der Waals surface area contributed by atoms with E-state index in [0.717, 1.165) is 14.7 Å². The maximum Gasteiger partial charge on any atom is 0.407 e. The highest BCUT2D eigenvalue weighted by atomic mass is 19.3. The quantitative estimate of drug-likeness (QED) is 0.0971. The van der Waals surface area contributed by atoms with E-state index in [-0.39, 0.29) is 110 Å². The molecule has 2 saturated heterocycles. The van der Waals surface area contributed by atoms with Gasteiger partial charge < -0.3 is 55.4 Å². The fourth-order valence-corrected chi connectivity index (χ4v) is 6.09. The molecule has 6 N–H and O–H groups in total. The van der Waals surface area contributed by atoms with E-state index < -0.39 is 72.9 Å². The molecule has 2 aliphatic rings. The molecule has 2 aliphatic heterocycles. The number of halogens is 2. The number of ether oxygens (including phenoxy) is 2. The largest absolute Gasteiger partial charge is 0.480 e. The molecule has 2 fully saturated rings. The van der Waals surface area contributed by atoms with Crippen LogP contribution in [0.3, 0.4) is 0 Å². The SMILES string of the molecule is C[C@H](NC(=O)c1ccnc(CNC(=O)CCOCCOCCNC(=O)CCC(C(=O)O)N2CCN(C(=O)O)CCN(C(=O)O)CC2)c1)C(=O)N1CC(F)(F)C[C@H]1C#N. The highest BCUT2D eigenvalue weighted by Gasteiger charge is 2.48. The fourth-order valence-electron chi connectivity index (χ4n) is 6.09. The molecule has 1 aromatic rings. The lowest BCUT2D eigenvalue weighted by Crippen LogP contribution is -2.48. The number of aromatic nitrogens is 1. The molecule has 58 heavy (non-hydrogen) atoms. The summed E-state index contributed by atoms with van der Waals surface area (Å²) in [4.78, 5) is 93.6. The van der Waals surface area contributed by atoms with Gasteiger partial charge in [-0.05, 0) is 25.5 Å². The summed E-state index contributed by atoms with van der Waals surface area (Å²) in [6, 6.07) is 0.831. The Labute approximate surface area is 332 Å². The lowest BCUT2D eigenvalue weighted by Gasteiger charge is -2.30. The Bertz CT molecular complexity index is 1640. The second-order valence-corrected chi connectivity index (χ2v) is 13.5. The Balaban J connectivity index is 1.27. The molecule has 3 rings (SSSR count). The number of alkyl halides is 2. The van der Waals surface area contributed by atoms with Crippen LogP contribution in [-0.4, -0.2) is 185 Å². The predicted molar refractivity (Wildman–Crippen MR) is 194 cm³/mol. The van der Waals surface area contributed by atoms with E-state index in [0.29, 0.717) is 5.69 Å². The number of carboxylic acid groups (broad SMARTS) is 3. The van der Waals surface area contributed by atoms with Crippen molar-refractivity contribution < 1.29 is 67.1 Å². The highest BCUT2D eigenvalue weighted by molar-refractivity contribution is 5.97. The number of carbonyl (C=O) groups excluding carboxylic acids is 4. The van der Waals surface area contributed by atoms with E-state index in [1.807, 2.05) is 0 Å². The summed E-state index contributed by atoms with van der Waals surface area (Å²) < 4.78 is 38.3. The van der Waals surface area contributed by atoms with Crippen molar-refractivity contribution in [2.45, 2.75) is 63.2 Å². The number of pyridine rings is 1. The molecule has 0 radical (unpaired) electrons. The maximum absolute atomic E-state index is 13.8. The van der Waals surface area contributed by atoms with Crippen molar-refractivity contribution in [1.82, 2.24) is 40.5 Å². The number of nitrogens with one attached hydrogen (secondary N) is 3. The van der Waals surface area contributed by atoms with Crippen LogP contribution in [-0.2, 0) is 35.2 Å². The number of rotatable bonds is 19. The number of nitriles is 1. The highest BCUT2D eigenvalue weighted by Crippen LogP contribution is 2.32. The van der Waals surface area contributed by atoms with Gasteiger partial charge in [-0.3, -0.25) is 33.9 Å². The van der Waals surface area contributed by atoms with Crippen LogP contribution in [0.1, 0.15) is 48.7 Å². The van der Waals surface area contributed by atoms with E-state index in [1.165, 1.54) is 30.2 Å². The Hall–Kier alpha value is -5.73. The third-order valence-corrected chi connectivity index (χ3v) is 9.25. The topological polar surface area (TPSA) is 284 Å². The van der Waals surface area contributed by atoms with Gasteiger partial charge in [0.1, 0.15) is 18.1 Å². The van der Waals surface area contributed by atoms with Gasteiger partial charge in [-0.25, -0.2) is 18.4 Å². The summed E-state index contributed by atoms with van der Waals surface area (Å²) in [6.45, 7) is 0.931. The second-order valence-electron chi connectivity index (χ2n) is 13.5. The third-order valence-electron chi connectivity index (χ3n) is 9.25. The van der Waals surface area contributed by atoms with Crippen LogP contribution in [0.25, 0.3) is 0 Å². The van der Waals surface area contributed by atoms with Crippen LogP contribution in [0.5, 0.6) is 0 Å². The van der Waals surface area contributed by atoms with Gasteiger partial charge in [0.25, 0.3) is 11.8 Å². The Morgan fingerprint density at radius 3 is 2.12 bits per heavy atom. The molecule has 6 amide bonds. The van der Waals surface area contributed by atoms with Crippen molar-refractivity contribution in [3.05, 3.63) is 29.6 Å². The number of amides is 6. The van der Waals surface area contributed by atoms with E-state index in [9.17, 15) is 57.7 Å². The first-order chi connectivity index (χ1) is 27.5. The molecule has 0 saturated carbocycles. The number of carboxylic acids is 1. The zero-order valence-electron chi connectivity index (χ0n) is 31.9. The lowest BCUT2D eigenvalue weighted by atomic mass is 10.1. The number of aliphatic carboxylic acids is 1. The van der Waals surface area contributed by atoms with Crippen LogP contribution in [0.4, 0.5) is 18.4 Å². The van der Waals surface area contributed by atoms with Crippen molar-refractivity contribution >= 4 is 41.8 Å². The average molecular weight is 826 g/mol. The summed E-state index contributed by atoms with van der Waals surface area (Å²) in [5.74, 6) is -6.71. The maximum atomic E-state index is 13.8. The summed E-state index contributed by atoms with van der Waals surface area (Å²) >= 11 is 0. The molecule has 0 aliphatic carbocycles. The van der Waals surface area contributed by atoms with E-state index >= 15 is 0 Å². The van der Waals surface area contributed by atoms with Gasteiger partial charge in [0, 0.05) is 76.8 Å². The number of hydrogen-bond donors (Lipinski definition) is 6. The van der Waals surface area contributed by atoms with Gasteiger partial charge in [-0.1, -0.05) is 0 Å². The molecule has 1 aromatic heterocycles. The molecular weight excluding hydrogens is 776 g/mol. The van der Waals surface area contributed by atoms with Gasteiger partial charge in [0.15, 0.2) is 0 Å². The molecule has 0 spiro atoms. The summed E-state index contributed by atoms with van der Waals surface area (Å²) in [7, 11) is 0. The van der Waals surface area contributed by atoms with Gasteiger partial charge in [-0.15, -0.1) is 0 Å². The first-order valence-electron chi connectivity index (χ1n) is 18.5.